The van der Waals surface area contributed by atoms with Gasteiger partial charge in [-0.05, 0) is 63.5 Å². The van der Waals surface area contributed by atoms with Crippen LogP contribution in [0.25, 0.3) is 0 Å². The predicted octanol–water partition coefficient (Wildman–Crippen LogP) is -0.191. The van der Waals surface area contributed by atoms with Gasteiger partial charge < -0.3 is 37.8 Å². The number of carbonyl (C=O) groups excluding carboxylic acids is 3. The van der Waals surface area contributed by atoms with Gasteiger partial charge in [-0.1, -0.05) is 30.3 Å². The van der Waals surface area contributed by atoms with E-state index in [0.29, 0.717) is 25.8 Å². The van der Waals surface area contributed by atoms with Crippen molar-refractivity contribution < 1.29 is 28.7 Å². The van der Waals surface area contributed by atoms with Crippen LogP contribution in [0.15, 0.2) is 30.3 Å². The number of hydrogen-bond acceptors (Lipinski definition) is 7. The van der Waals surface area contributed by atoms with Gasteiger partial charge in [0.2, 0.25) is 17.7 Å². The maximum absolute atomic E-state index is 13.3. The molecular formula is C26H41FN6O5. The number of rotatable bonds is 15. The van der Waals surface area contributed by atoms with Gasteiger partial charge in [0, 0.05) is 13.1 Å². The van der Waals surface area contributed by atoms with Crippen LogP contribution in [0.1, 0.15) is 50.5 Å². The van der Waals surface area contributed by atoms with E-state index in [1.807, 2.05) is 30.3 Å². The molecule has 1 aliphatic heterocycles. The second-order valence-electron chi connectivity index (χ2n) is 9.82. The molecule has 1 saturated heterocycles. The van der Waals surface area contributed by atoms with Crippen LogP contribution in [-0.2, 0) is 25.6 Å². The highest BCUT2D eigenvalue weighted by molar-refractivity contribution is 5.93. The minimum Gasteiger partial charge on any atom is -0.480 e. The van der Waals surface area contributed by atoms with Crippen LogP contribution in [0.2, 0.25) is 0 Å². The van der Waals surface area contributed by atoms with E-state index < -0.39 is 48.1 Å². The molecule has 0 radical (unpaired) electrons. The third kappa shape index (κ3) is 9.34. The first-order valence-corrected chi connectivity index (χ1v) is 13.1. The van der Waals surface area contributed by atoms with Gasteiger partial charge in [0.1, 0.15) is 17.6 Å². The minimum atomic E-state index is -1.39. The predicted molar refractivity (Wildman–Crippen MR) is 140 cm³/mol. The Hall–Kier alpha value is -3.09. The molecule has 2 rings (SSSR count). The lowest BCUT2D eigenvalue weighted by atomic mass is 9.88. The van der Waals surface area contributed by atoms with Crippen molar-refractivity contribution in [2.75, 3.05) is 26.3 Å². The number of alkyl halides is 1. The van der Waals surface area contributed by atoms with E-state index in [9.17, 15) is 28.7 Å². The maximum atomic E-state index is 13.3. The first-order valence-electron chi connectivity index (χ1n) is 13.1. The molecule has 0 aromatic heterocycles. The van der Waals surface area contributed by atoms with Crippen molar-refractivity contribution in [3.8, 4) is 0 Å². The van der Waals surface area contributed by atoms with E-state index in [2.05, 4.69) is 10.6 Å². The van der Waals surface area contributed by atoms with Crippen LogP contribution in [0.4, 0.5) is 4.39 Å². The zero-order valence-corrected chi connectivity index (χ0v) is 21.7. The summed E-state index contributed by atoms with van der Waals surface area (Å²) in [7, 11) is 0. The molecule has 3 amide bonds. The van der Waals surface area contributed by atoms with Gasteiger partial charge in [-0.25, -0.2) is 0 Å². The Bertz CT molecular complexity index is 926. The highest BCUT2D eigenvalue weighted by Crippen LogP contribution is 2.21. The molecule has 3 unspecified atom stereocenters. The number of nitrogens with one attached hydrogen (secondary N) is 2. The van der Waals surface area contributed by atoms with Crippen molar-refractivity contribution >= 4 is 23.7 Å². The number of hydrogen-bond donors (Lipinski definition) is 6. The largest absolute Gasteiger partial charge is 0.480 e. The van der Waals surface area contributed by atoms with Crippen molar-refractivity contribution in [2.45, 2.75) is 75.0 Å². The number of carboxylic acid groups (broad SMARTS) is 1. The SMILES string of the molecule is NCCCCC(NC(=O)C(CCCF)NC(=O)C(N)Cc1ccccc1)C(=O)N1CCC(N)(C(=O)O)CC1. The van der Waals surface area contributed by atoms with Crippen LogP contribution in [0, 0.1) is 0 Å². The van der Waals surface area contributed by atoms with Crippen LogP contribution < -0.4 is 27.8 Å². The van der Waals surface area contributed by atoms with E-state index in [-0.39, 0.29) is 51.1 Å². The second-order valence-corrected chi connectivity index (χ2v) is 9.82. The molecule has 0 bridgehead atoms. The number of nitrogens with two attached hydrogens (primary N) is 3. The van der Waals surface area contributed by atoms with Crippen molar-refractivity contribution in [3.05, 3.63) is 35.9 Å². The molecular weight excluding hydrogens is 495 g/mol. The molecule has 1 aromatic carbocycles. The summed E-state index contributed by atoms with van der Waals surface area (Å²) in [5.74, 6) is -2.64. The van der Waals surface area contributed by atoms with Gasteiger partial charge in [0.25, 0.3) is 0 Å². The first-order chi connectivity index (χ1) is 18.1. The fourth-order valence-corrected chi connectivity index (χ4v) is 4.37. The summed E-state index contributed by atoms with van der Waals surface area (Å²) in [6, 6.07) is 6.28. The van der Waals surface area contributed by atoms with Crippen molar-refractivity contribution in [1.82, 2.24) is 15.5 Å². The molecule has 0 aliphatic carbocycles. The van der Waals surface area contributed by atoms with E-state index >= 15 is 0 Å². The van der Waals surface area contributed by atoms with Crippen LogP contribution in [-0.4, -0.2) is 83.7 Å². The standard InChI is InChI=1S/C26H41FN6O5/c27-13-6-10-20(31-22(34)19(29)17-18-7-2-1-3-8-18)23(35)32-21(9-4-5-14-28)24(36)33-15-11-26(30,12-16-33)25(37)38/h1-3,7-8,19-21H,4-6,9-17,28-30H2,(H,31,34)(H,32,35)(H,37,38). The molecule has 11 nitrogen and oxygen atoms in total. The number of amides is 3. The Kier molecular flexibility index (Phi) is 12.6. The summed E-state index contributed by atoms with van der Waals surface area (Å²) < 4.78 is 13.0. The molecule has 9 N–H and O–H groups in total. The van der Waals surface area contributed by atoms with Crippen LogP contribution in [0.5, 0.6) is 0 Å². The molecule has 1 heterocycles. The molecule has 1 aromatic rings. The quantitative estimate of drug-likeness (QED) is 0.166. The Balaban J connectivity index is 2.07. The second kappa shape index (κ2) is 15.4. The van der Waals surface area contributed by atoms with Crippen LogP contribution in [0.3, 0.4) is 0 Å². The van der Waals surface area contributed by atoms with E-state index in [1.165, 1.54) is 4.90 Å². The number of carbonyl (C=O) groups is 4. The smallest absolute Gasteiger partial charge is 0.323 e. The molecule has 3 atom stereocenters. The van der Waals surface area contributed by atoms with Crippen molar-refractivity contribution in [2.24, 2.45) is 17.2 Å². The Labute approximate surface area is 222 Å². The van der Waals surface area contributed by atoms with Crippen LogP contribution >= 0.6 is 0 Å². The zero-order chi connectivity index (χ0) is 28.1. The maximum Gasteiger partial charge on any atom is 0.323 e. The third-order valence-corrected chi connectivity index (χ3v) is 6.85. The zero-order valence-electron chi connectivity index (χ0n) is 21.7. The topological polar surface area (TPSA) is 194 Å². The summed E-state index contributed by atoms with van der Waals surface area (Å²) in [4.78, 5) is 52.2. The summed E-state index contributed by atoms with van der Waals surface area (Å²) in [6.45, 7) is 0.0244. The number of benzene rings is 1. The molecule has 12 heteroatoms. The number of unbranched alkanes of at least 4 members (excludes halogenated alkanes) is 1. The lowest BCUT2D eigenvalue weighted by Crippen LogP contribution is -2.60. The highest BCUT2D eigenvalue weighted by Gasteiger charge is 2.40. The average molecular weight is 537 g/mol. The van der Waals surface area contributed by atoms with E-state index in [0.717, 1.165) is 5.56 Å². The number of carboxylic acids is 1. The summed E-state index contributed by atoms with van der Waals surface area (Å²) >= 11 is 0. The monoisotopic (exact) mass is 536 g/mol. The first kappa shape index (κ1) is 31.1. The van der Waals surface area contributed by atoms with Gasteiger partial charge in [0.15, 0.2) is 0 Å². The van der Waals surface area contributed by atoms with Gasteiger partial charge in [-0.2, -0.15) is 0 Å². The lowest BCUT2D eigenvalue weighted by molar-refractivity contribution is -0.148. The summed E-state index contributed by atoms with van der Waals surface area (Å²) in [6.07, 6.45) is 2.03. The molecule has 38 heavy (non-hydrogen) atoms. The molecule has 1 aliphatic rings. The average Bonchev–Trinajstić information content (AvgIpc) is 2.90. The third-order valence-electron chi connectivity index (χ3n) is 6.85. The summed E-state index contributed by atoms with van der Waals surface area (Å²) in [5.41, 5.74) is 17.0. The normalized spacial score (nSPS) is 17.2. The van der Waals surface area contributed by atoms with Gasteiger partial charge >= 0.3 is 5.97 Å². The Morgan fingerprint density at radius 1 is 0.974 bits per heavy atom. The number of likely N-dealkylation sites (tertiary alicyclic amines) is 1. The van der Waals surface area contributed by atoms with E-state index in [1.54, 1.807) is 0 Å². The number of piperidine rings is 1. The van der Waals surface area contributed by atoms with E-state index in [4.69, 9.17) is 17.2 Å². The molecule has 1 fully saturated rings. The summed E-state index contributed by atoms with van der Waals surface area (Å²) in [5, 5.41) is 14.7. The van der Waals surface area contributed by atoms with Crippen molar-refractivity contribution in [3.63, 3.8) is 0 Å². The van der Waals surface area contributed by atoms with Gasteiger partial charge in [-0.15, -0.1) is 0 Å². The highest BCUT2D eigenvalue weighted by atomic mass is 19.1. The molecule has 0 saturated carbocycles. The number of aliphatic carboxylic acids is 1. The minimum absolute atomic E-state index is 0.0356. The number of nitrogens with zero attached hydrogens (tertiary/aromatic N) is 1. The van der Waals surface area contributed by atoms with Gasteiger partial charge in [0.05, 0.1) is 12.7 Å². The fourth-order valence-electron chi connectivity index (χ4n) is 4.37. The lowest BCUT2D eigenvalue weighted by Gasteiger charge is -2.38. The van der Waals surface area contributed by atoms with Crippen molar-refractivity contribution in [1.29, 1.82) is 0 Å². The fraction of sp³-hybridized carbons (Fsp3) is 0.615. The molecule has 212 valence electrons. The Morgan fingerprint density at radius 2 is 1.58 bits per heavy atom. The number of halogens is 1. The molecule has 0 spiro atoms. The van der Waals surface area contributed by atoms with Gasteiger partial charge in [-0.3, -0.25) is 23.6 Å². The Morgan fingerprint density at radius 3 is 2.16 bits per heavy atom.